The number of hydrogen-bond acceptors (Lipinski definition) is 4. The summed E-state index contributed by atoms with van der Waals surface area (Å²) in [5.74, 6) is -0.576. The lowest BCUT2D eigenvalue weighted by Gasteiger charge is -2.06. The SMILES string of the molecule is CN(C(=O)Cl)C(=O)C=Cc1ccc([N+](=O)[O-])cc1. The van der Waals surface area contributed by atoms with Crippen LogP contribution in [-0.2, 0) is 4.79 Å². The molecule has 0 aliphatic heterocycles. The number of likely N-dealkylation sites (N-methyl/N-ethyl adjacent to an activating group) is 1. The zero-order valence-corrected chi connectivity index (χ0v) is 10.1. The molecule has 94 valence electrons. The minimum absolute atomic E-state index is 0.0356. The van der Waals surface area contributed by atoms with Gasteiger partial charge in [-0.25, -0.2) is 0 Å². The number of halogens is 1. The van der Waals surface area contributed by atoms with Gasteiger partial charge in [-0.05, 0) is 35.4 Å². The van der Waals surface area contributed by atoms with Crippen molar-refractivity contribution in [2.45, 2.75) is 0 Å². The van der Waals surface area contributed by atoms with Gasteiger partial charge in [-0.1, -0.05) is 0 Å². The summed E-state index contributed by atoms with van der Waals surface area (Å²) in [5.41, 5.74) is 0.566. The first-order valence-corrected chi connectivity index (χ1v) is 5.19. The molecule has 0 bridgehead atoms. The molecule has 0 unspecified atom stereocenters. The van der Waals surface area contributed by atoms with E-state index in [0.717, 1.165) is 11.0 Å². The Morgan fingerprint density at radius 1 is 1.33 bits per heavy atom. The quantitative estimate of drug-likeness (QED) is 0.277. The van der Waals surface area contributed by atoms with Crippen molar-refractivity contribution in [1.29, 1.82) is 0 Å². The third kappa shape index (κ3) is 3.67. The predicted molar refractivity (Wildman–Crippen MR) is 66.1 cm³/mol. The van der Waals surface area contributed by atoms with Crippen LogP contribution in [0, 0.1) is 10.1 Å². The first kappa shape index (κ1) is 13.9. The summed E-state index contributed by atoms with van der Waals surface area (Å²) in [7, 11) is 1.25. The average molecular weight is 269 g/mol. The average Bonchev–Trinajstić information content (AvgIpc) is 2.35. The van der Waals surface area contributed by atoms with Crippen LogP contribution in [-0.4, -0.2) is 28.1 Å². The van der Waals surface area contributed by atoms with Gasteiger partial charge in [0.25, 0.3) is 11.6 Å². The summed E-state index contributed by atoms with van der Waals surface area (Å²) in [4.78, 5) is 32.7. The van der Waals surface area contributed by atoms with Crippen LogP contribution in [0.25, 0.3) is 6.08 Å². The van der Waals surface area contributed by atoms with Crippen LogP contribution < -0.4 is 0 Å². The van der Waals surface area contributed by atoms with Crippen molar-refractivity contribution < 1.29 is 14.5 Å². The van der Waals surface area contributed by atoms with Crippen LogP contribution in [0.1, 0.15) is 5.56 Å². The summed E-state index contributed by atoms with van der Waals surface area (Å²) in [6, 6.07) is 5.62. The van der Waals surface area contributed by atoms with E-state index in [0.29, 0.717) is 5.56 Å². The highest BCUT2D eigenvalue weighted by Crippen LogP contribution is 2.12. The Kier molecular flexibility index (Phi) is 4.56. The largest absolute Gasteiger partial charge is 0.323 e. The van der Waals surface area contributed by atoms with Gasteiger partial charge in [0.05, 0.1) is 4.92 Å². The first-order chi connectivity index (χ1) is 8.41. The molecule has 0 saturated heterocycles. The Morgan fingerprint density at radius 3 is 2.33 bits per heavy atom. The van der Waals surface area contributed by atoms with Gasteiger partial charge in [-0.3, -0.25) is 24.6 Å². The monoisotopic (exact) mass is 268 g/mol. The standard InChI is InChI=1S/C11H9ClN2O4/c1-13(11(12)16)10(15)7-4-8-2-5-9(6-3-8)14(17)18/h2-7H,1H3. The molecule has 2 amide bonds. The number of nitrogens with zero attached hydrogens (tertiary/aromatic N) is 2. The number of carbonyl (C=O) groups is 2. The molecule has 0 radical (unpaired) electrons. The number of amides is 2. The van der Waals surface area contributed by atoms with Gasteiger partial charge in [-0.15, -0.1) is 0 Å². The van der Waals surface area contributed by atoms with E-state index < -0.39 is 16.2 Å². The molecule has 1 aromatic rings. The summed E-state index contributed by atoms with van der Waals surface area (Å²) >= 11 is 5.12. The fourth-order valence-electron chi connectivity index (χ4n) is 1.07. The van der Waals surface area contributed by atoms with Crippen molar-refractivity contribution in [1.82, 2.24) is 4.90 Å². The Morgan fingerprint density at radius 2 is 1.89 bits per heavy atom. The second-order valence-corrected chi connectivity index (χ2v) is 3.66. The molecule has 18 heavy (non-hydrogen) atoms. The molecule has 0 N–H and O–H groups in total. The molecule has 1 aromatic carbocycles. The lowest BCUT2D eigenvalue weighted by atomic mass is 10.2. The van der Waals surface area contributed by atoms with Gasteiger partial charge in [0.1, 0.15) is 0 Å². The van der Waals surface area contributed by atoms with Crippen LogP contribution in [0.3, 0.4) is 0 Å². The summed E-state index contributed by atoms with van der Waals surface area (Å²) in [6.07, 6.45) is 2.59. The molecular formula is C11H9ClN2O4. The second-order valence-electron chi connectivity index (χ2n) is 3.33. The van der Waals surface area contributed by atoms with Gasteiger partial charge in [0.2, 0.25) is 0 Å². The van der Waals surface area contributed by atoms with E-state index in [4.69, 9.17) is 11.6 Å². The van der Waals surface area contributed by atoms with Crippen molar-refractivity contribution in [3.05, 3.63) is 46.0 Å². The number of carbonyl (C=O) groups excluding carboxylic acids is 2. The highest BCUT2D eigenvalue weighted by atomic mass is 35.5. The Labute approximate surface area is 108 Å². The van der Waals surface area contributed by atoms with Crippen LogP contribution in [0.2, 0.25) is 0 Å². The van der Waals surface area contributed by atoms with Crippen LogP contribution in [0.4, 0.5) is 10.5 Å². The molecule has 6 nitrogen and oxygen atoms in total. The van der Waals surface area contributed by atoms with Gasteiger partial charge >= 0.3 is 5.37 Å². The third-order valence-electron chi connectivity index (χ3n) is 2.12. The van der Waals surface area contributed by atoms with Crippen molar-refractivity contribution in [3.8, 4) is 0 Å². The normalized spacial score (nSPS) is 10.3. The van der Waals surface area contributed by atoms with E-state index in [9.17, 15) is 19.7 Å². The molecule has 7 heteroatoms. The van der Waals surface area contributed by atoms with Crippen molar-refractivity contribution in [3.63, 3.8) is 0 Å². The lowest BCUT2D eigenvalue weighted by molar-refractivity contribution is -0.384. The minimum Gasteiger partial charge on any atom is -0.269 e. The maximum absolute atomic E-state index is 11.4. The molecule has 1 rings (SSSR count). The molecule has 0 fully saturated rings. The molecule has 0 aliphatic carbocycles. The van der Waals surface area contributed by atoms with Gasteiger partial charge < -0.3 is 0 Å². The first-order valence-electron chi connectivity index (χ1n) is 4.81. The number of nitro benzene ring substituents is 1. The zero-order chi connectivity index (χ0) is 13.7. The topological polar surface area (TPSA) is 80.5 Å². The highest BCUT2D eigenvalue weighted by Gasteiger charge is 2.10. The smallest absolute Gasteiger partial charge is 0.269 e. The number of nitro groups is 1. The van der Waals surface area contributed by atoms with Gasteiger partial charge in [-0.2, -0.15) is 0 Å². The van der Waals surface area contributed by atoms with E-state index in [1.54, 1.807) is 0 Å². The van der Waals surface area contributed by atoms with E-state index in [-0.39, 0.29) is 5.69 Å². The van der Waals surface area contributed by atoms with E-state index in [2.05, 4.69) is 0 Å². The Hall–Kier alpha value is -2.21. The van der Waals surface area contributed by atoms with Gasteiger partial charge in [0, 0.05) is 25.3 Å². The minimum atomic E-state index is -0.881. The molecule has 0 aromatic heterocycles. The fraction of sp³-hybridized carbons (Fsp3) is 0.0909. The van der Waals surface area contributed by atoms with E-state index in [1.165, 1.54) is 37.4 Å². The molecule has 0 heterocycles. The summed E-state index contributed by atoms with van der Waals surface area (Å²) < 4.78 is 0. The van der Waals surface area contributed by atoms with E-state index >= 15 is 0 Å². The number of imide groups is 1. The molecule has 0 saturated carbocycles. The highest BCUT2D eigenvalue weighted by molar-refractivity contribution is 6.64. The summed E-state index contributed by atoms with van der Waals surface area (Å²) in [5, 5.41) is 9.54. The van der Waals surface area contributed by atoms with E-state index in [1.807, 2.05) is 0 Å². The van der Waals surface area contributed by atoms with Crippen LogP contribution in [0.5, 0.6) is 0 Å². The molecule has 0 spiro atoms. The lowest BCUT2D eigenvalue weighted by Crippen LogP contribution is -2.26. The van der Waals surface area contributed by atoms with Crippen LogP contribution >= 0.6 is 11.6 Å². The number of benzene rings is 1. The number of non-ortho nitro benzene ring substituents is 1. The second kappa shape index (κ2) is 5.92. The summed E-state index contributed by atoms with van der Waals surface area (Å²) in [6.45, 7) is 0. The molecule has 0 aliphatic rings. The Bertz CT molecular complexity index is 510. The third-order valence-corrected chi connectivity index (χ3v) is 2.37. The fourth-order valence-corrected chi connectivity index (χ4v) is 1.16. The number of rotatable bonds is 3. The maximum Gasteiger partial charge on any atom is 0.323 e. The predicted octanol–water partition coefficient (Wildman–Crippen LogP) is 2.43. The number of hydrogen-bond donors (Lipinski definition) is 0. The Balaban J connectivity index is 2.76. The van der Waals surface area contributed by atoms with Crippen molar-refractivity contribution in [2.75, 3.05) is 7.05 Å². The zero-order valence-electron chi connectivity index (χ0n) is 9.37. The molecular weight excluding hydrogens is 260 g/mol. The van der Waals surface area contributed by atoms with Crippen LogP contribution in [0.15, 0.2) is 30.3 Å². The maximum atomic E-state index is 11.4. The van der Waals surface area contributed by atoms with Gasteiger partial charge in [0.15, 0.2) is 0 Å². The molecule has 0 atom stereocenters. The van der Waals surface area contributed by atoms with Crippen molar-refractivity contribution >= 4 is 34.6 Å². The van der Waals surface area contributed by atoms with Crippen molar-refractivity contribution in [2.24, 2.45) is 0 Å².